The number of aliphatic hydroxyl groups excluding tert-OH is 1. The molecule has 1 aliphatic rings. The van der Waals surface area contributed by atoms with Crippen LogP contribution in [0.3, 0.4) is 0 Å². The summed E-state index contributed by atoms with van der Waals surface area (Å²) in [6, 6.07) is 8.31. The Morgan fingerprint density at radius 1 is 1.39 bits per heavy atom. The van der Waals surface area contributed by atoms with E-state index in [1.54, 1.807) is 0 Å². The van der Waals surface area contributed by atoms with Gasteiger partial charge in [-0.25, -0.2) is 0 Å². The molecule has 0 saturated carbocycles. The van der Waals surface area contributed by atoms with E-state index >= 15 is 0 Å². The van der Waals surface area contributed by atoms with E-state index in [0.717, 1.165) is 31.8 Å². The minimum atomic E-state index is -0.185. The highest BCUT2D eigenvalue weighted by atomic mass is 16.5. The van der Waals surface area contributed by atoms with Gasteiger partial charge in [-0.05, 0) is 50.4 Å². The highest BCUT2D eigenvalue weighted by molar-refractivity contribution is 5.27. The van der Waals surface area contributed by atoms with Gasteiger partial charge >= 0.3 is 0 Å². The summed E-state index contributed by atoms with van der Waals surface area (Å²) >= 11 is 0. The molecule has 1 aromatic rings. The fourth-order valence-corrected chi connectivity index (χ4v) is 2.52. The number of likely N-dealkylation sites (tertiary alicyclic amines) is 1. The lowest BCUT2D eigenvalue weighted by molar-refractivity contribution is 0.127. The van der Waals surface area contributed by atoms with Crippen LogP contribution in [0.4, 0.5) is 0 Å². The summed E-state index contributed by atoms with van der Waals surface area (Å²) in [6.07, 6.45) is 0.921. The lowest BCUT2D eigenvalue weighted by atomic mass is 10.0. The Morgan fingerprint density at radius 2 is 2.11 bits per heavy atom. The molecule has 0 aliphatic carbocycles. The van der Waals surface area contributed by atoms with Crippen molar-refractivity contribution in [3.63, 3.8) is 0 Å². The van der Waals surface area contributed by atoms with E-state index in [0.29, 0.717) is 12.5 Å². The lowest BCUT2D eigenvalue weighted by Gasteiger charge is -2.17. The normalized spacial score (nSPS) is 22.1. The van der Waals surface area contributed by atoms with E-state index < -0.39 is 0 Å². The molecule has 0 spiro atoms. The van der Waals surface area contributed by atoms with Gasteiger partial charge in [0.2, 0.25) is 0 Å². The topological polar surface area (TPSA) is 32.7 Å². The number of hydrogen-bond acceptors (Lipinski definition) is 3. The maximum atomic E-state index is 9.59. The molecule has 1 fully saturated rings. The van der Waals surface area contributed by atoms with Crippen molar-refractivity contribution in [2.45, 2.75) is 32.9 Å². The summed E-state index contributed by atoms with van der Waals surface area (Å²) in [5.74, 6) is 1.37. The van der Waals surface area contributed by atoms with Crippen LogP contribution < -0.4 is 4.74 Å². The second-order valence-electron chi connectivity index (χ2n) is 5.10. The summed E-state index contributed by atoms with van der Waals surface area (Å²) in [6.45, 7) is 7.66. The number of rotatable bonds is 5. The van der Waals surface area contributed by atoms with Crippen molar-refractivity contribution in [3.8, 4) is 5.75 Å². The summed E-state index contributed by atoms with van der Waals surface area (Å²) in [4.78, 5) is 2.41. The van der Waals surface area contributed by atoms with E-state index in [2.05, 4.69) is 17.0 Å². The Morgan fingerprint density at radius 3 is 2.67 bits per heavy atom. The number of ether oxygens (including phenoxy) is 1. The van der Waals surface area contributed by atoms with Gasteiger partial charge in [0, 0.05) is 13.1 Å². The molecule has 1 aliphatic heterocycles. The zero-order valence-electron chi connectivity index (χ0n) is 11.3. The van der Waals surface area contributed by atoms with Gasteiger partial charge in [0.1, 0.15) is 5.75 Å². The molecule has 0 aromatic heterocycles. The number of nitrogens with zero attached hydrogens (tertiary/aromatic N) is 1. The van der Waals surface area contributed by atoms with Crippen LogP contribution in [0.1, 0.15) is 25.8 Å². The molecular formula is C15H23NO2. The Kier molecular flexibility index (Phi) is 4.61. The van der Waals surface area contributed by atoms with Crippen molar-refractivity contribution < 1.29 is 9.84 Å². The predicted octanol–water partition coefficient (Wildman–Crippen LogP) is 2.29. The average Bonchev–Trinajstić information content (AvgIpc) is 2.81. The van der Waals surface area contributed by atoms with Gasteiger partial charge in [0.15, 0.2) is 0 Å². The Balaban J connectivity index is 1.86. The third-order valence-corrected chi connectivity index (χ3v) is 3.63. The largest absolute Gasteiger partial charge is 0.494 e. The van der Waals surface area contributed by atoms with Gasteiger partial charge in [0.25, 0.3) is 0 Å². The summed E-state index contributed by atoms with van der Waals surface area (Å²) in [5, 5.41) is 9.59. The zero-order valence-corrected chi connectivity index (χ0v) is 11.3. The lowest BCUT2D eigenvalue weighted by Crippen LogP contribution is -2.23. The van der Waals surface area contributed by atoms with Gasteiger partial charge in [-0.1, -0.05) is 12.1 Å². The van der Waals surface area contributed by atoms with E-state index in [9.17, 15) is 5.11 Å². The monoisotopic (exact) mass is 249 g/mol. The second-order valence-corrected chi connectivity index (χ2v) is 5.10. The molecule has 100 valence electrons. The Bertz CT molecular complexity index is 361. The van der Waals surface area contributed by atoms with E-state index in [4.69, 9.17) is 4.74 Å². The molecule has 1 aromatic carbocycles. The predicted molar refractivity (Wildman–Crippen MR) is 72.7 cm³/mol. The molecule has 3 nitrogen and oxygen atoms in total. The first-order chi connectivity index (χ1) is 8.69. The quantitative estimate of drug-likeness (QED) is 0.869. The SMILES string of the molecule is CCOc1ccc(CN2CCC(C(C)O)C2)cc1. The molecular weight excluding hydrogens is 226 g/mol. The fraction of sp³-hybridized carbons (Fsp3) is 0.600. The second kappa shape index (κ2) is 6.21. The van der Waals surface area contributed by atoms with Gasteiger partial charge in [0.05, 0.1) is 12.7 Å². The molecule has 2 atom stereocenters. The van der Waals surface area contributed by atoms with Gasteiger partial charge < -0.3 is 9.84 Å². The van der Waals surface area contributed by atoms with Crippen LogP contribution in [0.2, 0.25) is 0 Å². The first-order valence-electron chi connectivity index (χ1n) is 6.81. The van der Waals surface area contributed by atoms with Crippen LogP contribution in [-0.4, -0.2) is 35.8 Å². The first-order valence-corrected chi connectivity index (χ1v) is 6.81. The average molecular weight is 249 g/mol. The molecule has 0 radical (unpaired) electrons. The third kappa shape index (κ3) is 3.47. The number of hydrogen-bond donors (Lipinski definition) is 1. The summed E-state index contributed by atoms with van der Waals surface area (Å²) < 4.78 is 5.43. The van der Waals surface area contributed by atoms with E-state index in [-0.39, 0.29) is 6.10 Å². The molecule has 0 amide bonds. The molecule has 0 bridgehead atoms. The van der Waals surface area contributed by atoms with Crippen LogP contribution in [0.15, 0.2) is 24.3 Å². The van der Waals surface area contributed by atoms with Crippen molar-refractivity contribution in [2.75, 3.05) is 19.7 Å². The van der Waals surface area contributed by atoms with Crippen molar-refractivity contribution in [1.82, 2.24) is 4.90 Å². The highest BCUT2D eigenvalue weighted by Crippen LogP contribution is 2.22. The number of benzene rings is 1. The van der Waals surface area contributed by atoms with E-state index in [1.165, 1.54) is 5.56 Å². The van der Waals surface area contributed by atoms with Crippen LogP contribution in [0.5, 0.6) is 5.75 Å². The minimum absolute atomic E-state index is 0.185. The van der Waals surface area contributed by atoms with Crippen molar-refractivity contribution in [1.29, 1.82) is 0 Å². The van der Waals surface area contributed by atoms with Crippen molar-refractivity contribution in [3.05, 3.63) is 29.8 Å². The maximum Gasteiger partial charge on any atom is 0.119 e. The van der Waals surface area contributed by atoms with Crippen LogP contribution in [-0.2, 0) is 6.54 Å². The minimum Gasteiger partial charge on any atom is -0.494 e. The van der Waals surface area contributed by atoms with Gasteiger partial charge in [-0.15, -0.1) is 0 Å². The number of aliphatic hydroxyl groups is 1. The first kappa shape index (κ1) is 13.4. The summed E-state index contributed by atoms with van der Waals surface area (Å²) in [7, 11) is 0. The highest BCUT2D eigenvalue weighted by Gasteiger charge is 2.25. The van der Waals surface area contributed by atoms with Gasteiger partial charge in [-0.2, -0.15) is 0 Å². The zero-order chi connectivity index (χ0) is 13.0. The van der Waals surface area contributed by atoms with Crippen molar-refractivity contribution >= 4 is 0 Å². The Labute approximate surface area is 109 Å². The van der Waals surface area contributed by atoms with Crippen molar-refractivity contribution in [2.24, 2.45) is 5.92 Å². The summed E-state index contributed by atoms with van der Waals surface area (Å²) in [5.41, 5.74) is 1.31. The Hall–Kier alpha value is -1.06. The van der Waals surface area contributed by atoms with Crippen LogP contribution >= 0.6 is 0 Å². The molecule has 1 heterocycles. The van der Waals surface area contributed by atoms with Crippen LogP contribution in [0.25, 0.3) is 0 Å². The third-order valence-electron chi connectivity index (χ3n) is 3.63. The maximum absolute atomic E-state index is 9.59. The molecule has 2 rings (SSSR count). The van der Waals surface area contributed by atoms with E-state index in [1.807, 2.05) is 26.0 Å². The molecule has 1 saturated heterocycles. The molecule has 1 N–H and O–H groups in total. The molecule has 18 heavy (non-hydrogen) atoms. The molecule has 2 unspecified atom stereocenters. The van der Waals surface area contributed by atoms with Crippen LogP contribution in [0, 0.1) is 5.92 Å². The fourth-order valence-electron chi connectivity index (χ4n) is 2.52. The smallest absolute Gasteiger partial charge is 0.119 e. The molecule has 3 heteroatoms. The van der Waals surface area contributed by atoms with Gasteiger partial charge in [-0.3, -0.25) is 4.90 Å². The standard InChI is InChI=1S/C15H23NO2/c1-3-18-15-6-4-13(5-7-15)10-16-9-8-14(11-16)12(2)17/h4-7,12,14,17H,3,8-11H2,1-2H3.